The van der Waals surface area contributed by atoms with Crippen molar-refractivity contribution in [2.75, 3.05) is 34.4 Å². The van der Waals surface area contributed by atoms with E-state index >= 15 is 0 Å². The lowest BCUT2D eigenvalue weighted by Crippen LogP contribution is -2.43. The summed E-state index contributed by atoms with van der Waals surface area (Å²) in [6.45, 7) is 3.21. The van der Waals surface area contributed by atoms with Gasteiger partial charge >= 0.3 is 0 Å². The third kappa shape index (κ3) is 6.33. The van der Waals surface area contributed by atoms with Gasteiger partial charge in [-0.3, -0.25) is 4.99 Å². The van der Waals surface area contributed by atoms with Gasteiger partial charge in [-0.1, -0.05) is 37.1 Å². The van der Waals surface area contributed by atoms with E-state index in [4.69, 9.17) is 9.47 Å². The molecule has 0 bridgehead atoms. The minimum Gasteiger partial charge on any atom is -0.385 e. The Morgan fingerprint density at radius 1 is 1.04 bits per heavy atom. The fourth-order valence-corrected chi connectivity index (χ4v) is 3.56. The number of nitrogens with one attached hydrogen (secondary N) is 2. The molecule has 0 radical (unpaired) electrons. The number of ether oxygens (including phenoxy) is 2. The second-order valence-electron chi connectivity index (χ2n) is 6.98. The highest BCUT2D eigenvalue weighted by Crippen LogP contribution is 2.40. The van der Waals surface area contributed by atoms with Crippen LogP contribution in [0.3, 0.4) is 0 Å². The minimum absolute atomic E-state index is 0.357. The Morgan fingerprint density at radius 3 is 2.32 bits per heavy atom. The van der Waals surface area contributed by atoms with Crippen LogP contribution in [0.5, 0.6) is 0 Å². The summed E-state index contributed by atoms with van der Waals surface area (Å²) in [4.78, 5) is 4.37. The SMILES string of the molecule is CN=C(NCc1ccc(COC)cc1)NCC1(CCOC)CCCC1. The largest absolute Gasteiger partial charge is 0.385 e. The molecular weight excluding hydrogens is 314 g/mol. The maximum atomic E-state index is 5.31. The zero-order valence-corrected chi connectivity index (χ0v) is 15.9. The van der Waals surface area contributed by atoms with E-state index in [1.54, 1.807) is 14.2 Å². The van der Waals surface area contributed by atoms with Crippen molar-refractivity contribution in [2.45, 2.75) is 45.3 Å². The number of aliphatic imine (C=N–C) groups is 1. The molecule has 0 aliphatic heterocycles. The van der Waals surface area contributed by atoms with Crippen molar-refractivity contribution in [3.63, 3.8) is 0 Å². The van der Waals surface area contributed by atoms with Crippen molar-refractivity contribution >= 4 is 5.96 Å². The summed E-state index contributed by atoms with van der Waals surface area (Å²) in [6, 6.07) is 8.47. The molecule has 0 amide bonds. The van der Waals surface area contributed by atoms with E-state index in [0.717, 1.165) is 32.1 Å². The fourth-order valence-electron chi connectivity index (χ4n) is 3.56. The Hall–Kier alpha value is -1.59. The fraction of sp³-hybridized carbons (Fsp3) is 0.650. The molecule has 0 unspecified atom stereocenters. The number of hydrogen-bond donors (Lipinski definition) is 2. The molecule has 1 aromatic rings. The Bertz CT molecular complexity index is 522. The Kier molecular flexibility index (Phi) is 8.22. The monoisotopic (exact) mass is 347 g/mol. The first kappa shape index (κ1) is 19.7. The molecular formula is C20H33N3O2. The van der Waals surface area contributed by atoms with Crippen LogP contribution in [-0.2, 0) is 22.6 Å². The summed E-state index contributed by atoms with van der Waals surface area (Å²) in [6.07, 6.45) is 6.33. The van der Waals surface area contributed by atoms with Crippen LogP contribution >= 0.6 is 0 Å². The van der Waals surface area contributed by atoms with Crippen LogP contribution in [0, 0.1) is 5.41 Å². The normalized spacial score (nSPS) is 16.8. The number of nitrogens with zero attached hydrogens (tertiary/aromatic N) is 1. The molecule has 0 aromatic heterocycles. The topological polar surface area (TPSA) is 54.9 Å². The molecule has 1 saturated carbocycles. The van der Waals surface area contributed by atoms with E-state index in [2.05, 4.69) is 39.9 Å². The van der Waals surface area contributed by atoms with E-state index in [9.17, 15) is 0 Å². The minimum atomic E-state index is 0.357. The summed E-state index contributed by atoms with van der Waals surface area (Å²) in [5.41, 5.74) is 2.78. The molecule has 0 spiro atoms. The molecule has 5 heteroatoms. The average Bonchev–Trinajstić information content (AvgIpc) is 3.11. The van der Waals surface area contributed by atoms with Crippen LogP contribution in [-0.4, -0.2) is 40.4 Å². The average molecular weight is 348 g/mol. The first-order chi connectivity index (χ1) is 12.2. The maximum absolute atomic E-state index is 5.31. The lowest BCUT2D eigenvalue weighted by molar-refractivity contribution is 0.138. The molecule has 2 N–H and O–H groups in total. The zero-order chi connectivity index (χ0) is 18.0. The predicted octanol–water partition coefficient (Wildman–Crippen LogP) is 3.09. The number of methoxy groups -OCH3 is 2. The van der Waals surface area contributed by atoms with Gasteiger partial charge in [-0.2, -0.15) is 0 Å². The van der Waals surface area contributed by atoms with Crippen LogP contribution < -0.4 is 10.6 Å². The molecule has 25 heavy (non-hydrogen) atoms. The number of guanidine groups is 1. The van der Waals surface area contributed by atoms with Crippen LogP contribution in [0.2, 0.25) is 0 Å². The molecule has 1 aliphatic rings. The number of rotatable bonds is 9. The van der Waals surface area contributed by atoms with Gasteiger partial charge in [0.25, 0.3) is 0 Å². The molecule has 2 rings (SSSR count). The maximum Gasteiger partial charge on any atom is 0.191 e. The summed E-state index contributed by atoms with van der Waals surface area (Å²) in [7, 11) is 5.33. The number of benzene rings is 1. The first-order valence-corrected chi connectivity index (χ1v) is 9.21. The third-order valence-corrected chi connectivity index (χ3v) is 5.15. The van der Waals surface area contributed by atoms with Crippen molar-refractivity contribution in [1.82, 2.24) is 10.6 Å². The summed E-state index contributed by atoms with van der Waals surface area (Å²) < 4.78 is 10.5. The van der Waals surface area contributed by atoms with E-state index in [1.165, 1.54) is 36.8 Å². The highest BCUT2D eigenvalue weighted by molar-refractivity contribution is 5.79. The first-order valence-electron chi connectivity index (χ1n) is 9.21. The highest BCUT2D eigenvalue weighted by atomic mass is 16.5. The van der Waals surface area contributed by atoms with Crippen molar-refractivity contribution in [3.05, 3.63) is 35.4 Å². The van der Waals surface area contributed by atoms with E-state index < -0.39 is 0 Å². The Labute approximate surface area is 152 Å². The summed E-state index contributed by atoms with van der Waals surface area (Å²) >= 11 is 0. The van der Waals surface area contributed by atoms with Crippen LogP contribution in [0.25, 0.3) is 0 Å². The van der Waals surface area contributed by atoms with Gasteiger partial charge in [0.05, 0.1) is 6.61 Å². The molecule has 0 atom stereocenters. The van der Waals surface area contributed by atoms with Gasteiger partial charge in [-0.05, 0) is 35.8 Å². The van der Waals surface area contributed by atoms with Gasteiger partial charge in [0.15, 0.2) is 5.96 Å². The smallest absolute Gasteiger partial charge is 0.191 e. The molecule has 1 aliphatic carbocycles. The molecule has 5 nitrogen and oxygen atoms in total. The quantitative estimate of drug-likeness (QED) is 0.532. The van der Waals surface area contributed by atoms with Crippen LogP contribution in [0.4, 0.5) is 0 Å². The predicted molar refractivity (Wildman–Crippen MR) is 103 cm³/mol. The van der Waals surface area contributed by atoms with Gasteiger partial charge < -0.3 is 20.1 Å². The Morgan fingerprint density at radius 2 is 1.72 bits per heavy atom. The summed E-state index contributed by atoms with van der Waals surface area (Å²) in [5.74, 6) is 0.865. The van der Waals surface area contributed by atoms with Crippen molar-refractivity contribution in [2.24, 2.45) is 10.4 Å². The highest BCUT2D eigenvalue weighted by Gasteiger charge is 2.33. The number of hydrogen-bond acceptors (Lipinski definition) is 3. The lowest BCUT2D eigenvalue weighted by atomic mass is 9.83. The van der Waals surface area contributed by atoms with E-state index in [0.29, 0.717) is 12.0 Å². The molecule has 0 saturated heterocycles. The second-order valence-corrected chi connectivity index (χ2v) is 6.98. The van der Waals surface area contributed by atoms with Crippen molar-refractivity contribution in [3.8, 4) is 0 Å². The lowest BCUT2D eigenvalue weighted by Gasteiger charge is -2.30. The standard InChI is InChI=1S/C20H33N3O2/c1-21-19(22-14-17-6-8-18(9-7-17)15-25-3)23-16-20(12-13-24-2)10-4-5-11-20/h6-9H,4-5,10-16H2,1-3H3,(H2,21,22,23). The van der Waals surface area contributed by atoms with Gasteiger partial charge in [0.2, 0.25) is 0 Å². The zero-order valence-electron chi connectivity index (χ0n) is 15.9. The van der Waals surface area contributed by atoms with Crippen LogP contribution in [0.15, 0.2) is 29.3 Å². The summed E-state index contributed by atoms with van der Waals surface area (Å²) in [5, 5.41) is 6.94. The molecule has 0 heterocycles. The van der Waals surface area contributed by atoms with Crippen molar-refractivity contribution in [1.29, 1.82) is 0 Å². The van der Waals surface area contributed by atoms with Gasteiger partial charge in [0, 0.05) is 41.0 Å². The molecule has 1 aromatic carbocycles. The van der Waals surface area contributed by atoms with Crippen molar-refractivity contribution < 1.29 is 9.47 Å². The molecule has 1 fully saturated rings. The van der Waals surface area contributed by atoms with E-state index in [1.807, 2.05) is 7.05 Å². The third-order valence-electron chi connectivity index (χ3n) is 5.15. The van der Waals surface area contributed by atoms with E-state index in [-0.39, 0.29) is 0 Å². The molecule has 140 valence electrons. The van der Waals surface area contributed by atoms with Gasteiger partial charge in [-0.25, -0.2) is 0 Å². The van der Waals surface area contributed by atoms with Crippen LogP contribution in [0.1, 0.15) is 43.2 Å². The Balaban J connectivity index is 1.81. The second kappa shape index (κ2) is 10.4. The van der Waals surface area contributed by atoms with Gasteiger partial charge in [-0.15, -0.1) is 0 Å². The van der Waals surface area contributed by atoms with Gasteiger partial charge in [0.1, 0.15) is 0 Å².